The molecule has 0 spiro atoms. The Labute approximate surface area is 174 Å². The highest BCUT2D eigenvalue weighted by molar-refractivity contribution is 7.74. The summed E-state index contributed by atoms with van der Waals surface area (Å²) in [5.74, 6) is -3.05. The molecule has 2 aromatic carbocycles. The molecule has 2 aliphatic rings. The number of carbonyl (C=O) groups is 2. The molecule has 0 aliphatic carbocycles. The normalized spacial score (nSPS) is 24.3. The van der Waals surface area contributed by atoms with Gasteiger partial charge >= 0.3 is 13.3 Å². The Morgan fingerprint density at radius 2 is 1.57 bits per heavy atom. The monoisotopic (exact) mass is 427 g/mol. The molecule has 156 valence electrons. The highest BCUT2D eigenvalue weighted by atomic mass is 31.2. The van der Waals surface area contributed by atoms with Crippen LogP contribution < -0.4 is 10.6 Å². The van der Waals surface area contributed by atoms with Crippen LogP contribution in [0.5, 0.6) is 0 Å². The van der Waals surface area contributed by atoms with E-state index in [1.54, 1.807) is 67.6 Å². The van der Waals surface area contributed by atoms with Gasteiger partial charge in [-0.1, -0.05) is 43.3 Å². The van der Waals surface area contributed by atoms with Crippen LogP contribution in [-0.4, -0.2) is 39.1 Å². The first-order chi connectivity index (χ1) is 14.3. The van der Waals surface area contributed by atoms with E-state index in [0.29, 0.717) is 10.6 Å². The molecule has 2 aromatic rings. The summed E-state index contributed by atoms with van der Waals surface area (Å²) in [7, 11) is -3.70. The molecule has 2 N–H and O–H groups in total. The van der Waals surface area contributed by atoms with Crippen molar-refractivity contribution in [1.29, 1.82) is 0 Å². The number of hydrogen-bond donors (Lipinski definition) is 2. The summed E-state index contributed by atoms with van der Waals surface area (Å²) in [5, 5.41) is 20.7. The van der Waals surface area contributed by atoms with Crippen LogP contribution >= 0.6 is 7.37 Å². The number of β-lactam (4-membered cyclic amide) rings is 1. The van der Waals surface area contributed by atoms with Crippen LogP contribution in [0, 0.1) is 11.8 Å². The third kappa shape index (κ3) is 2.97. The summed E-state index contributed by atoms with van der Waals surface area (Å²) in [6.07, 6.45) is -0.925. The molecular weight excluding hydrogens is 405 g/mol. The van der Waals surface area contributed by atoms with Gasteiger partial charge < -0.3 is 14.7 Å². The highest BCUT2D eigenvalue weighted by Gasteiger charge is 2.61. The average Bonchev–Trinajstić information content (AvgIpc) is 2.97. The molecule has 2 heterocycles. The third-order valence-electron chi connectivity index (χ3n) is 5.73. The minimum atomic E-state index is -3.70. The van der Waals surface area contributed by atoms with Gasteiger partial charge in [-0.25, -0.2) is 4.79 Å². The van der Waals surface area contributed by atoms with Crippen molar-refractivity contribution in [1.82, 2.24) is 4.90 Å². The number of rotatable bonds is 6. The summed E-state index contributed by atoms with van der Waals surface area (Å²) < 4.78 is 20.3. The lowest BCUT2D eigenvalue weighted by atomic mass is 9.79. The van der Waals surface area contributed by atoms with Crippen molar-refractivity contribution in [2.75, 3.05) is 0 Å². The standard InChI is InChI=1S/C22H22NO6P/c1-13-18-17(14(2)24)21(25)23(18)19(22(26)27)20(13)29-30(28,15-9-5-3-6-10-15)16-11-7-4-8-12-16/h3-14,17-18,24H,1-2H3,(H,26,27). The molecule has 1 fully saturated rings. The first kappa shape index (κ1) is 20.4. The predicted molar refractivity (Wildman–Crippen MR) is 110 cm³/mol. The largest absolute Gasteiger partial charge is 0.476 e. The number of carboxylic acid groups (broad SMARTS) is 1. The van der Waals surface area contributed by atoms with Crippen LogP contribution in [0.4, 0.5) is 0 Å². The molecule has 8 heteroatoms. The smallest absolute Gasteiger partial charge is 0.356 e. The van der Waals surface area contributed by atoms with Crippen LogP contribution in [0.15, 0.2) is 72.1 Å². The van der Waals surface area contributed by atoms with Crippen LogP contribution in [0.2, 0.25) is 0 Å². The Kier molecular flexibility index (Phi) is 5.04. The molecule has 0 saturated carbocycles. The van der Waals surface area contributed by atoms with Gasteiger partial charge in [-0.3, -0.25) is 14.3 Å². The maximum atomic E-state index is 14.2. The van der Waals surface area contributed by atoms with E-state index in [4.69, 9.17) is 4.52 Å². The topological polar surface area (TPSA) is 104 Å². The Hall–Kier alpha value is -2.89. The van der Waals surface area contributed by atoms with Gasteiger partial charge in [0.1, 0.15) is 5.76 Å². The molecular formula is C22H22NO6P. The number of carboxylic acids is 1. The number of hydrogen-bond acceptors (Lipinski definition) is 5. The molecule has 30 heavy (non-hydrogen) atoms. The van der Waals surface area contributed by atoms with E-state index in [1.165, 1.54) is 6.92 Å². The van der Waals surface area contributed by atoms with Gasteiger partial charge in [0.2, 0.25) is 5.91 Å². The molecule has 0 bridgehead atoms. The van der Waals surface area contributed by atoms with Crippen molar-refractivity contribution < 1.29 is 28.9 Å². The number of nitrogens with zero attached hydrogens (tertiary/aromatic N) is 1. The number of aliphatic hydroxyl groups excluding tert-OH is 1. The predicted octanol–water partition coefficient (Wildman–Crippen LogP) is 2.09. The number of amides is 1. The molecule has 0 aromatic heterocycles. The van der Waals surface area contributed by atoms with Crippen molar-refractivity contribution in [2.24, 2.45) is 11.8 Å². The molecule has 2 aliphatic heterocycles. The van der Waals surface area contributed by atoms with Crippen LogP contribution in [-0.2, 0) is 18.7 Å². The molecule has 0 radical (unpaired) electrons. The van der Waals surface area contributed by atoms with Crippen LogP contribution in [0.1, 0.15) is 13.8 Å². The van der Waals surface area contributed by atoms with E-state index in [-0.39, 0.29) is 11.5 Å². The summed E-state index contributed by atoms with van der Waals surface area (Å²) in [6, 6.07) is 16.7. The van der Waals surface area contributed by atoms with Gasteiger partial charge in [0.15, 0.2) is 5.70 Å². The maximum absolute atomic E-state index is 14.2. The Morgan fingerprint density at radius 3 is 2.00 bits per heavy atom. The van der Waals surface area contributed by atoms with Gasteiger partial charge in [-0.05, 0) is 31.2 Å². The quantitative estimate of drug-likeness (QED) is 0.541. The summed E-state index contributed by atoms with van der Waals surface area (Å²) in [6.45, 7) is 3.23. The summed E-state index contributed by atoms with van der Waals surface area (Å²) in [5.41, 5.74) is -0.304. The average molecular weight is 427 g/mol. The lowest BCUT2D eigenvalue weighted by Crippen LogP contribution is -2.63. The van der Waals surface area contributed by atoms with Crippen LogP contribution in [0.25, 0.3) is 0 Å². The zero-order chi connectivity index (χ0) is 21.6. The van der Waals surface area contributed by atoms with Crippen molar-refractivity contribution >= 4 is 29.9 Å². The first-order valence-electron chi connectivity index (χ1n) is 9.67. The SMILES string of the molecule is CC(O)C1C(=O)N2C(C(=O)O)=C(OP(=O)(c3ccccc3)c3ccccc3)C(C)C12. The third-order valence-corrected chi connectivity index (χ3v) is 8.14. The maximum Gasteiger partial charge on any atom is 0.356 e. The number of benzene rings is 2. The second kappa shape index (κ2) is 7.42. The zero-order valence-electron chi connectivity index (χ0n) is 16.5. The fourth-order valence-corrected chi connectivity index (χ4v) is 6.45. The van der Waals surface area contributed by atoms with Gasteiger partial charge in [-0.2, -0.15) is 0 Å². The first-order valence-corrected chi connectivity index (χ1v) is 11.3. The molecule has 1 saturated heterocycles. The molecule has 1 amide bonds. The van der Waals surface area contributed by atoms with Gasteiger partial charge in [0, 0.05) is 5.92 Å². The van der Waals surface area contributed by atoms with Crippen molar-refractivity contribution in [2.45, 2.75) is 26.0 Å². The Morgan fingerprint density at radius 1 is 1.07 bits per heavy atom. The number of fused-ring (bicyclic) bond motifs is 1. The minimum Gasteiger partial charge on any atom is -0.476 e. The lowest BCUT2D eigenvalue weighted by molar-refractivity contribution is -0.163. The fourth-order valence-electron chi connectivity index (χ4n) is 4.28. The molecule has 4 unspecified atom stereocenters. The van der Waals surface area contributed by atoms with Gasteiger partial charge in [0.25, 0.3) is 0 Å². The van der Waals surface area contributed by atoms with Crippen LogP contribution in [0.3, 0.4) is 0 Å². The molecule has 4 atom stereocenters. The van der Waals surface area contributed by atoms with Crippen molar-refractivity contribution in [3.05, 3.63) is 72.1 Å². The van der Waals surface area contributed by atoms with E-state index in [9.17, 15) is 24.4 Å². The zero-order valence-corrected chi connectivity index (χ0v) is 17.4. The Balaban J connectivity index is 1.83. The highest BCUT2D eigenvalue weighted by Crippen LogP contribution is 2.54. The number of carbonyl (C=O) groups excluding carboxylic acids is 1. The van der Waals surface area contributed by atoms with Crippen molar-refractivity contribution in [3.8, 4) is 0 Å². The minimum absolute atomic E-state index is 0.0000365. The van der Waals surface area contributed by atoms with Crippen molar-refractivity contribution in [3.63, 3.8) is 0 Å². The van der Waals surface area contributed by atoms with Gasteiger partial charge in [0.05, 0.1) is 28.7 Å². The molecule has 4 rings (SSSR count). The number of aliphatic hydroxyl groups is 1. The Bertz CT molecular complexity index is 1020. The van der Waals surface area contributed by atoms with E-state index in [1.807, 2.05) is 0 Å². The van der Waals surface area contributed by atoms with E-state index < -0.39 is 43.2 Å². The lowest BCUT2D eigenvalue weighted by Gasteiger charge is -2.46. The van der Waals surface area contributed by atoms with E-state index in [2.05, 4.69) is 0 Å². The summed E-state index contributed by atoms with van der Waals surface area (Å²) >= 11 is 0. The number of aliphatic carboxylic acids is 1. The van der Waals surface area contributed by atoms with E-state index >= 15 is 0 Å². The summed E-state index contributed by atoms with van der Waals surface area (Å²) in [4.78, 5) is 25.7. The van der Waals surface area contributed by atoms with E-state index in [0.717, 1.165) is 4.90 Å². The second-order valence-corrected chi connectivity index (χ2v) is 9.90. The molecule has 7 nitrogen and oxygen atoms in total. The van der Waals surface area contributed by atoms with Gasteiger partial charge in [-0.15, -0.1) is 0 Å². The second-order valence-electron chi connectivity index (χ2n) is 7.59. The fraction of sp³-hybridized carbons (Fsp3) is 0.273.